The molecule has 0 radical (unpaired) electrons. The topological polar surface area (TPSA) is 88.8 Å². The van der Waals surface area contributed by atoms with Gasteiger partial charge in [0.15, 0.2) is 5.60 Å². The molecule has 2 N–H and O–H groups in total. The first-order chi connectivity index (χ1) is 12.4. The Labute approximate surface area is 156 Å². The molecule has 1 unspecified atom stereocenters. The number of thiophene rings is 1. The predicted octanol–water partition coefficient (Wildman–Crippen LogP) is 2.87. The molecular formula is C18H19NO5S2. The third kappa shape index (κ3) is 3.54. The number of ether oxygens (including phenoxy) is 1. The molecule has 138 valence electrons. The number of aryl methyl sites for hydroxylation is 1. The van der Waals surface area contributed by atoms with E-state index >= 15 is 0 Å². The molecule has 26 heavy (non-hydrogen) atoms. The molecule has 1 atom stereocenters. The van der Waals surface area contributed by atoms with Crippen LogP contribution in [0.4, 0.5) is 0 Å². The summed E-state index contributed by atoms with van der Waals surface area (Å²) in [5, 5.41) is 13.0. The van der Waals surface area contributed by atoms with Gasteiger partial charge in [-0.3, -0.25) is 0 Å². The van der Waals surface area contributed by atoms with Gasteiger partial charge in [0, 0.05) is 4.88 Å². The van der Waals surface area contributed by atoms with Crippen LogP contribution in [0, 0.1) is 6.92 Å². The van der Waals surface area contributed by atoms with Crippen LogP contribution in [0.3, 0.4) is 0 Å². The molecule has 0 spiro atoms. The van der Waals surface area contributed by atoms with Crippen molar-refractivity contribution in [2.45, 2.75) is 17.4 Å². The second kappa shape index (κ2) is 7.24. The molecule has 1 aromatic carbocycles. The minimum Gasteiger partial charge on any atom is -0.495 e. The Hall–Kier alpha value is -2.13. The Balaban J connectivity index is 1.94. The van der Waals surface area contributed by atoms with Gasteiger partial charge in [0.05, 0.1) is 19.9 Å². The second-order valence-electron chi connectivity index (χ2n) is 5.79. The van der Waals surface area contributed by atoms with Crippen LogP contribution in [0.2, 0.25) is 0 Å². The number of nitrogens with one attached hydrogen (secondary N) is 1. The standard InChI is InChI=1S/C18H19NO5S2/c1-13-7-8-14(23-2)15(11-13)26(21,22)19-12-18(20,16-5-3-9-24-16)17-6-4-10-25-17/h3-11,19-20H,12H2,1-2H3. The van der Waals surface area contributed by atoms with Crippen molar-refractivity contribution in [3.05, 3.63) is 70.3 Å². The Kier molecular flexibility index (Phi) is 5.19. The highest BCUT2D eigenvalue weighted by Crippen LogP contribution is 2.33. The third-order valence-electron chi connectivity index (χ3n) is 3.98. The first-order valence-electron chi connectivity index (χ1n) is 7.81. The predicted molar refractivity (Wildman–Crippen MR) is 98.9 cm³/mol. The fourth-order valence-corrected chi connectivity index (χ4v) is 4.73. The smallest absolute Gasteiger partial charge is 0.244 e. The lowest BCUT2D eigenvalue weighted by atomic mass is 9.99. The summed E-state index contributed by atoms with van der Waals surface area (Å²) < 4.78 is 38.6. The van der Waals surface area contributed by atoms with Gasteiger partial charge in [-0.1, -0.05) is 12.1 Å². The number of furan rings is 1. The van der Waals surface area contributed by atoms with E-state index in [1.807, 2.05) is 0 Å². The van der Waals surface area contributed by atoms with E-state index in [1.54, 1.807) is 48.7 Å². The maximum absolute atomic E-state index is 12.8. The summed E-state index contributed by atoms with van der Waals surface area (Å²) in [6, 6.07) is 11.7. The number of sulfonamides is 1. The second-order valence-corrected chi connectivity index (χ2v) is 8.48. The average molecular weight is 393 g/mol. The van der Waals surface area contributed by atoms with Gasteiger partial charge < -0.3 is 14.3 Å². The summed E-state index contributed by atoms with van der Waals surface area (Å²) in [6.07, 6.45) is 1.44. The fraction of sp³-hybridized carbons (Fsp3) is 0.222. The number of benzene rings is 1. The lowest BCUT2D eigenvalue weighted by Gasteiger charge is -2.25. The molecule has 3 rings (SSSR count). The van der Waals surface area contributed by atoms with Gasteiger partial charge in [-0.15, -0.1) is 11.3 Å². The van der Waals surface area contributed by atoms with Crippen molar-refractivity contribution in [3.8, 4) is 5.75 Å². The largest absolute Gasteiger partial charge is 0.495 e. The summed E-state index contributed by atoms with van der Waals surface area (Å²) in [5.41, 5.74) is -0.826. The molecule has 6 nitrogen and oxygen atoms in total. The Morgan fingerprint density at radius 3 is 2.69 bits per heavy atom. The van der Waals surface area contributed by atoms with E-state index in [9.17, 15) is 13.5 Å². The van der Waals surface area contributed by atoms with E-state index in [1.165, 1.54) is 30.8 Å². The molecule has 0 bridgehead atoms. The summed E-state index contributed by atoms with van der Waals surface area (Å²) in [7, 11) is -2.50. The van der Waals surface area contributed by atoms with Crippen molar-refractivity contribution in [1.29, 1.82) is 0 Å². The van der Waals surface area contributed by atoms with Crippen LogP contribution in [-0.4, -0.2) is 27.2 Å². The molecule has 0 aliphatic rings. The van der Waals surface area contributed by atoms with Crippen molar-refractivity contribution in [2.24, 2.45) is 0 Å². The normalized spacial score (nSPS) is 14.1. The SMILES string of the molecule is COc1ccc(C)cc1S(=O)(=O)NCC(O)(c1ccco1)c1cccs1. The van der Waals surface area contributed by atoms with E-state index in [0.717, 1.165) is 5.56 Å². The molecule has 2 heterocycles. The van der Waals surface area contributed by atoms with Crippen LogP contribution in [0.5, 0.6) is 5.75 Å². The van der Waals surface area contributed by atoms with Gasteiger partial charge >= 0.3 is 0 Å². The zero-order valence-electron chi connectivity index (χ0n) is 14.3. The highest BCUT2D eigenvalue weighted by atomic mass is 32.2. The van der Waals surface area contributed by atoms with Crippen LogP contribution in [0.15, 0.2) is 63.4 Å². The summed E-state index contributed by atoms with van der Waals surface area (Å²) in [4.78, 5) is 0.597. The van der Waals surface area contributed by atoms with Gasteiger partial charge in [-0.25, -0.2) is 13.1 Å². The average Bonchev–Trinajstić information content (AvgIpc) is 3.33. The molecule has 3 aromatic rings. The summed E-state index contributed by atoms with van der Waals surface area (Å²) in [6.45, 7) is 1.52. The first-order valence-corrected chi connectivity index (χ1v) is 10.2. The van der Waals surface area contributed by atoms with E-state index in [-0.39, 0.29) is 22.9 Å². The van der Waals surface area contributed by atoms with E-state index in [0.29, 0.717) is 4.88 Å². The number of rotatable bonds is 7. The summed E-state index contributed by atoms with van der Waals surface area (Å²) >= 11 is 1.32. The number of methoxy groups -OCH3 is 1. The molecule has 8 heteroatoms. The van der Waals surface area contributed by atoms with Crippen molar-refractivity contribution in [2.75, 3.05) is 13.7 Å². The van der Waals surface area contributed by atoms with Crippen LogP contribution in [-0.2, 0) is 15.6 Å². The number of aliphatic hydroxyl groups is 1. The third-order valence-corrected chi connectivity index (χ3v) is 6.43. The summed E-state index contributed by atoms with van der Waals surface area (Å²) in [5.74, 6) is 0.500. The Morgan fingerprint density at radius 2 is 2.08 bits per heavy atom. The van der Waals surface area contributed by atoms with Gasteiger partial charge in [-0.2, -0.15) is 0 Å². The minimum atomic E-state index is -3.91. The Bertz CT molecular complexity index is 929. The van der Waals surface area contributed by atoms with Gasteiger partial charge in [0.25, 0.3) is 0 Å². The van der Waals surface area contributed by atoms with Crippen LogP contribution < -0.4 is 9.46 Å². The highest BCUT2D eigenvalue weighted by molar-refractivity contribution is 7.89. The molecule has 0 saturated heterocycles. The van der Waals surface area contributed by atoms with Gasteiger partial charge in [-0.05, 0) is 48.2 Å². The maximum atomic E-state index is 12.8. The molecule has 0 aliphatic heterocycles. The van der Waals surface area contributed by atoms with Gasteiger partial charge in [0.1, 0.15) is 16.4 Å². The monoisotopic (exact) mass is 393 g/mol. The zero-order valence-corrected chi connectivity index (χ0v) is 15.9. The number of hydrogen-bond acceptors (Lipinski definition) is 6. The van der Waals surface area contributed by atoms with Crippen molar-refractivity contribution in [3.63, 3.8) is 0 Å². The van der Waals surface area contributed by atoms with Crippen molar-refractivity contribution >= 4 is 21.4 Å². The quantitative estimate of drug-likeness (QED) is 0.644. The van der Waals surface area contributed by atoms with Crippen LogP contribution >= 0.6 is 11.3 Å². The van der Waals surface area contributed by atoms with Crippen LogP contribution in [0.1, 0.15) is 16.2 Å². The molecule has 2 aromatic heterocycles. The van der Waals surface area contributed by atoms with Crippen molar-refractivity contribution < 1.29 is 22.7 Å². The minimum absolute atomic E-state index is 0.0213. The molecule has 0 fully saturated rings. The molecular weight excluding hydrogens is 374 g/mol. The van der Waals surface area contributed by atoms with E-state index < -0.39 is 15.6 Å². The van der Waals surface area contributed by atoms with Gasteiger partial charge in [0.2, 0.25) is 10.0 Å². The molecule has 0 amide bonds. The lowest BCUT2D eigenvalue weighted by Crippen LogP contribution is -2.41. The van der Waals surface area contributed by atoms with Crippen LogP contribution in [0.25, 0.3) is 0 Å². The lowest BCUT2D eigenvalue weighted by molar-refractivity contribution is 0.0655. The van der Waals surface area contributed by atoms with E-state index in [2.05, 4.69) is 4.72 Å². The van der Waals surface area contributed by atoms with Crippen molar-refractivity contribution in [1.82, 2.24) is 4.72 Å². The Morgan fingerprint density at radius 1 is 1.27 bits per heavy atom. The highest BCUT2D eigenvalue weighted by Gasteiger charge is 2.37. The molecule has 0 aliphatic carbocycles. The number of hydrogen-bond donors (Lipinski definition) is 2. The van der Waals surface area contributed by atoms with E-state index in [4.69, 9.17) is 9.15 Å². The first kappa shape index (κ1) is 18.7. The maximum Gasteiger partial charge on any atom is 0.244 e. The fourth-order valence-electron chi connectivity index (χ4n) is 2.59. The zero-order chi connectivity index (χ0) is 18.8. The molecule has 0 saturated carbocycles.